The van der Waals surface area contributed by atoms with Crippen LogP contribution in [0.25, 0.3) is 0 Å². The summed E-state index contributed by atoms with van der Waals surface area (Å²) in [7, 11) is 1.79. The van der Waals surface area contributed by atoms with E-state index >= 15 is 0 Å². The molecule has 0 aromatic carbocycles. The van der Waals surface area contributed by atoms with Gasteiger partial charge in [0.2, 0.25) is 0 Å². The number of nitrogens with one attached hydrogen (secondary N) is 1. The van der Waals surface area contributed by atoms with Crippen molar-refractivity contribution >= 4 is 11.8 Å². The van der Waals surface area contributed by atoms with E-state index in [4.69, 9.17) is 4.74 Å². The second-order valence-corrected chi connectivity index (χ2v) is 6.30. The third kappa shape index (κ3) is 6.68. The first-order valence-electron chi connectivity index (χ1n) is 7.22. The van der Waals surface area contributed by atoms with Gasteiger partial charge in [-0.25, -0.2) is 0 Å². The Morgan fingerprint density at radius 3 is 2.82 bits per heavy atom. The monoisotopic (exact) mass is 259 g/mol. The molecule has 0 aliphatic heterocycles. The molecule has 1 saturated carbocycles. The first-order valence-corrected chi connectivity index (χ1v) is 8.27. The maximum atomic E-state index is 5.12. The van der Waals surface area contributed by atoms with Gasteiger partial charge >= 0.3 is 0 Å². The van der Waals surface area contributed by atoms with Crippen LogP contribution in [0, 0.1) is 0 Å². The first-order chi connectivity index (χ1) is 8.38. The second-order valence-electron chi connectivity index (χ2n) is 4.95. The van der Waals surface area contributed by atoms with Gasteiger partial charge in [0, 0.05) is 25.0 Å². The molecule has 0 spiro atoms. The van der Waals surface area contributed by atoms with Crippen molar-refractivity contribution in [2.75, 3.05) is 26.0 Å². The summed E-state index contributed by atoms with van der Waals surface area (Å²) in [5.74, 6) is 1.25. The van der Waals surface area contributed by atoms with Gasteiger partial charge in [-0.15, -0.1) is 0 Å². The number of hydrogen-bond acceptors (Lipinski definition) is 3. The van der Waals surface area contributed by atoms with Gasteiger partial charge < -0.3 is 10.1 Å². The molecule has 2 nitrogen and oxygen atoms in total. The molecule has 1 fully saturated rings. The lowest BCUT2D eigenvalue weighted by atomic mass is 10.1. The molecule has 0 radical (unpaired) electrons. The fourth-order valence-electron chi connectivity index (χ4n) is 2.47. The lowest BCUT2D eigenvalue weighted by molar-refractivity contribution is 0.200. The van der Waals surface area contributed by atoms with Gasteiger partial charge in [-0.05, 0) is 38.0 Å². The van der Waals surface area contributed by atoms with Crippen LogP contribution in [-0.2, 0) is 4.74 Å². The number of ether oxygens (including phenoxy) is 1. The molecule has 1 aliphatic rings. The van der Waals surface area contributed by atoms with E-state index in [1.54, 1.807) is 7.11 Å². The first kappa shape index (κ1) is 15.3. The highest BCUT2D eigenvalue weighted by molar-refractivity contribution is 7.99. The molecule has 102 valence electrons. The third-order valence-electron chi connectivity index (χ3n) is 3.43. The van der Waals surface area contributed by atoms with Crippen molar-refractivity contribution < 1.29 is 4.74 Å². The standard InChI is InChI=1S/C14H29NOS/c1-3-10-15-13-8-5-4-6-9-14(13)17-12-7-11-16-2/h13-15H,3-12H2,1-2H3. The smallest absolute Gasteiger partial charge is 0.0470 e. The maximum Gasteiger partial charge on any atom is 0.0470 e. The predicted octanol–water partition coefficient (Wildman–Crippen LogP) is 3.46. The molecule has 0 aromatic heterocycles. The van der Waals surface area contributed by atoms with Crippen molar-refractivity contribution in [3.05, 3.63) is 0 Å². The van der Waals surface area contributed by atoms with E-state index in [1.165, 1.54) is 57.2 Å². The van der Waals surface area contributed by atoms with E-state index in [9.17, 15) is 0 Å². The van der Waals surface area contributed by atoms with Crippen LogP contribution < -0.4 is 5.32 Å². The Morgan fingerprint density at radius 2 is 2.06 bits per heavy atom. The van der Waals surface area contributed by atoms with Gasteiger partial charge in [-0.2, -0.15) is 11.8 Å². The zero-order valence-electron chi connectivity index (χ0n) is 11.5. The van der Waals surface area contributed by atoms with E-state index in [0.29, 0.717) is 0 Å². The summed E-state index contributed by atoms with van der Waals surface area (Å²) < 4.78 is 5.12. The minimum absolute atomic E-state index is 0.755. The van der Waals surface area contributed by atoms with E-state index in [2.05, 4.69) is 24.0 Å². The molecule has 0 heterocycles. The summed E-state index contributed by atoms with van der Waals surface area (Å²) in [6.45, 7) is 4.34. The zero-order valence-corrected chi connectivity index (χ0v) is 12.4. The highest BCUT2D eigenvalue weighted by Crippen LogP contribution is 2.28. The zero-order chi connectivity index (χ0) is 12.3. The Morgan fingerprint density at radius 1 is 1.24 bits per heavy atom. The average Bonchev–Trinajstić information content (AvgIpc) is 2.57. The van der Waals surface area contributed by atoms with Gasteiger partial charge in [-0.3, -0.25) is 0 Å². The lowest BCUT2D eigenvalue weighted by Gasteiger charge is -2.25. The van der Waals surface area contributed by atoms with Crippen molar-refractivity contribution in [2.24, 2.45) is 0 Å². The van der Waals surface area contributed by atoms with E-state index in [-0.39, 0.29) is 0 Å². The summed E-state index contributed by atoms with van der Waals surface area (Å²) in [5, 5.41) is 4.58. The van der Waals surface area contributed by atoms with E-state index in [1.807, 2.05) is 0 Å². The van der Waals surface area contributed by atoms with Crippen LogP contribution in [0.15, 0.2) is 0 Å². The van der Waals surface area contributed by atoms with Gasteiger partial charge in [0.15, 0.2) is 0 Å². The number of rotatable bonds is 8. The van der Waals surface area contributed by atoms with Crippen LogP contribution in [0.2, 0.25) is 0 Å². The summed E-state index contributed by atoms with van der Waals surface area (Å²) in [6.07, 6.45) is 9.49. The third-order valence-corrected chi connectivity index (χ3v) is 4.95. The summed E-state index contributed by atoms with van der Waals surface area (Å²) in [5.41, 5.74) is 0. The fourth-order valence-corrected chi connectivity index (χ4v) is 3.86. The second kappa shape index (κ2) is 10.2. The average molecular weight is 259 g/mol. The van der Waals surface area contributed by atoms with Gasteiger partial charge in [0.25, 0.3) is 0 Å². The number of methoxy groups -OCH3 is 1. The SMILES string of the molecule is CCCNC1CCCCCC1SCCCOC. The van der Waals surface area contributed by atoms with Crippen LogP contribution in [-0.4, -0.2) is 37.3 Å². The maximum absolute atomic E-state index is 5.12. The quantitative estimate of drug-likeness (QED) is 0.533. The molecule has 3 heteroatoms. The molecule has 1 N–H and O–H groups in total. The Kier molecular flexibility index (Phi) is 9.21. The van der Waals surface area contributed by atoms with E-state index in [0.717, 1.165) is 17.9 Å². The Labute approximate surface area is 111 Å². The summed E-state index contributed by atoms with van der Waals surface area (Å²) in [4.78, 5) is 0. The van der Waals surface area contributed by atoms with Gasteiger partial charge in [-0.1, -0.05) is 26.2 Å². The molecule has 0 amide bonds. The molecule has 0 bridgehead atoms. The minimum Gasteiger partial charge on any atom is -0.385 e. The Bertz CT molecular complexity index is 178. The van der Waals surface area contributed by atoms with Crippen molar-refractivity contribution in [1.82, 2.24) is 5.32 Å². The number of hydrogen-bond donors (Lipinski definition) is 1. The molecule has 0 saturated heterocycles. The minimum atomic E-state index is 0.755. The largest absolute Gasteiger partial charge is 0.385 e. The molecule has 17 heavy (non-hydrogen) atoms. The molecule has 2 unspecified atom stereocenters. The Balaban J connectivity index is 2.27. The fraction of sp³-hybridized carbons (Fsp3) is 1.00. The van der Waals surface area contributed by atoms with Crippen molar-refractivity contribution in [3.8, 4) is 0 Å². The van der Waals surface area contributed by atoms with Crippen LogP contribution in [0.4, 0.5) is 0 Å². The molecule has 1 aliphatic carbocycles. The lowest BCUT2D eigenvalue weighted by Crippen LogP contribution is -2.38. The summed E-state index contributed by atoms with van der Waals surface area (Å²) in [6, 6.07) is 0.755. The highest BCUT2D eigenvalue weighted by Gasteiger charge is 2.22. The van der Waals surface area contributed by atoms with Crippen molar-refractivity contribution in [1.29, 1.82) is 0 Å². The number of thioether (sulfide) groups is 1. The topological polar surface area (TPSA) is 21.3 Å². The van der Waals surface area contributed by atoms with Crippen LogP contribution in [0.1, 0.15) is 51.9 Å². The van der Waals surface area contributed by atoms with Crippen molar-refractivity contribution in [2.45, 2.75) is 63.2 Å². The molecular weight excluding hydrogens is 230 g/mol. The Hall–Kier alpha value is 0.270. The highest BCUT2D eigenvalue weighted by atomic mass is 32.2. The molecule has 2 atom stereocenters. The van der Waals surface area contributed by atoms with Crippen LogP contribution in [0.3, 0.4) is 0 Å². The van der Waals surface area contributed by atoms with Gasteiger partial charge in [0.1, 0.15) is 0 Å². The summed E-state index contributed by atoms with van der Waals surface area (Å²) >= 11 is 2.17. The molecule has 1 rings (SSSR count). The van der Waals surface area contributed by atoms with Crippen LogP contribution >= 0.6 is 11.8 Å². The predicted molar refractivity (Wildman–Crippen MR) is 77.9 cm³/mol. The molecule has 0 aromatic rings. The normalized spacial score (nSPS) is 25.8. The molecular formula is C14H29NOS. The van der Waals surface area contributed by atoms with Crippen molar-refractivity contribution in [3.63, 3.8) is 0 Å². The van der Waals surface area contributed by atoms with E-state index < -0.39 is 0 Å². The van der Waals surface area contributed by atoms with Gasteiger partial charge in [0.05, 0.1) is 0 Å². The van der Waals surface area contributed by atoms with Crippen LogP contribution in [0.5, 0.6) is 0 Å².